The first-order valence-electron chi connectivity index (χ1n) is 5.34. The number of hydrogen-bond acceptors (Lipinski definition) is 4. The van der Waals surface area contributed by atoms with Crippen LogP contribution >= 0.6 is 23.2 Å². The summed E-state index contributed by atoms with van der Waals surface area (Å²) in [5, 5.41) is 13.4. The average Bonchev–Trinajstić information content (AvgIpc) is 2.39. The van der Waals surface area contributed by atoms with Crippen LogP contribution in [0.25, 0.3) is 0 Å². The van der Waals surface area contributed by atoms with E-state index >= 15 is 0 Å². The van der Waals surface area contributed by atoms with Gasteiger partial charge < -0.3 is 5.32 Å². The maximum Gasteiger partial charge on any atom is 0.288 e. The van der Waals surface area contributed by atoms with Gasteiger partial charge in [0.25, 0.3) is 11.6 Å². The van der Waals surface area contributed by atoms with Crippen LogP contribution in [0.1, 0.15) is 10.4 Å². The highest BCUT2D eigenvalue weighted by molar-refractivity contribution is 6.33. The minimum atomic E-state index is -0.600. The van der Waals surface area contributed by atoms with Gasteiger partial charge in [0.05, 0.1) is 10.5 Å². The minimum Gasteiger partial charge on any atom is -0.322 e. The number of amides is 1. The highest BCUT2D eigenvalue weighted by atomic mass is 35.5. The maximum absolute atomic E-state index is 11.9. The van der Waals surface area contributed by atoms with Crippen LogP contribution < -0.4 is 5.32 Å². The van der Waals surface area contributed by atoms with Crippen LogP contribution in [0, 0.1) is 10.1 Å². The number of nitro benzene ring substituents is 1. The van der Waals surface area contributed by atoms with Crippen LogP contribution in [0.15, 0.2) is 36.5 Å². The summed E-state index contributed by atoms with van der Waals surface area (Å²) in [5.74, 6) is -0.418. The summed E-state index contributed by atoms with van der Waals surface area (Å²) in [6.07, 6.45) is 1.32. The van der Waals surface area contributed by atoms with E-state index in [1.165, 1.54) is 36.5 Å². The molecule has 0 spiro atoms. The molecule has 0 saturated carbocycles. The third-order valence-corrected chi connectivity index (χ3v) is 2.92. The second kappa shape index (κ2) is 5.85. The van der Waals surface area contributed by atoms with Gasteiger partial charge >= 0.3 is 0 Å². The van der Waals surface area contributed by atoms with E-state index in [2.05, 4.69) is 10.3 Å². The molecule has 1 heterocycles. The summed E-state index contributed by atoms with van der Waals surface area (Å²) in [6, 6.07) is 6.92. The van der Waals surface area contributed by atoms with Gasteiger partial charge in [0.15, 0.2) is 0 Å². The van der Waals surface area contributed by atoms with Gasteiger partial charge in [-0.3, -0.25) is 14.9 Å². The van der Waals surface area contributed by atoms with Crippen molar-refractivity contribution in [2.24, 2.45) is 0 Å². The molecule has 1 amide bonds. The zero-order valence-corrected chi connectivity index (χ0v) is 11.4. The molecule has 20 heavy (non-hydrogen) atoms. The lowest BCUT2D eigenvalue weighted by molar-refractivity contribution is -0.384. The number of hydrogen-bond donors (Lipinski definition) is 1. The fourth-order valence-electron chi connectivity index (χ4n) is 1.45. The summed E-state index contributed by atoms with van der Waals surface area (Å²) >= 11 is 11.4. The maximum atomic E-state index is 11.9. The van der Waals surface area contributed by atoms with Gasteiger partial charge in [0, 0.05) is 18.0 Å². The van der Waals surface area contributed by atoms with E-state index in [1.54, 1.807) is 0 Å². The Bertz CT molecular complexity index is 674. The number of carbonyl (C=O) groups excluding carboxylic acids is 1. The molecule has 0 aliphatic rings. The predicted molar refractivity (Wildman–Crippen MR) is 75.3 cm³/mol. The Morgan fingerprint density at radius 1 is 1.25 bits per heavy atom. The summed E-state index contributed by atoms with van der Waals surface area (Å²) in [7, 11) is 0. The van der Waals surface area contributed by atoms with Crippen molar-refractivity contribution >= 4 is 40.5 Å². The number of rotatable bonds is 3. The van der Waals surface area contributed by atoms with E-state index in [4.69, 9.17) is 23.2 Å². The monoisotopic (exact) mass is 311 g/mol. The summed E-state index contributed by atoms with van der Waals surface area (Å²) in [5.41, 5.74) is 0.433. The van der Waals surface area contributed by atoms with E-state index in [9.17, 15) is 14.9 Å². The largest absolute Gasteiger partial charge is 0.322 e. The highest BCUT2D eigenvalue weighted by Gasteiger charge is 2.13. The zero-order chi connectivity index (χ0) is 14.7. The number of benzene rings is 1. The van der Waals surface area contributed by atoms with Gasteiger partial charge in [-0.2, -0.15) is 0 Å². The number of carbonyl (C=O) groups is 1. The van der Waals surface area contributed by atoms with Crippen LogP contribution in [0.4, 0.5) is 11.4 Å². The summed E-state index contributed by atoms with van der Waals surface area (Å²) in [6.45, 7) is 0. The molecule has 0 atom stereocenters. The lowest BCUT2D eigenvalue weighted by atomic mass is 10.2. The molecule has 0 fully saturated rings. The summed E-state index contributed by atoms with van der Waals surface area (Å²) < 4.78 is 0. The molecule has 0 radical (unpaired) electrons. The molecule has 1 N–H and O–H groups in total. The van der Waals surface area contributed by atoms with Crippen molar-refractivity contribution in [3.63, 3.8) is 0 Å². The van der Waals surface area contributed by atoms with E-state index in [-0.39, 0.29) is 15.9 Å². The first-order chi connectivity index (χ1) is 9.47. The Balaban J connectivity index is 2.18. The Labute approximate surface area is 123 Å². The zero-order valence-electron chi connectivity index (χ0n) is 9.84. The topological polar surface area (TPSA) is 85.1 Å². The number of nitro groups is 1. The van der Waals surface area contributed by atoms with Gasteiger partial charge in [-0.25, -0.2) is 4.98 Å². The second-order valence-electron chi connectivity index (χ2n) is 3.75. The van der Waals surface area contributed by atoms with Crippen LogP contribution in [0.5, 0.6) is 0 Å². The standard InChI is InChI=1S/C12H7Cl2N3O3/c13-9-5-8(2-3-10(9)17(19)20)16-12(18)7-1-4-11(14)15-6-7/h1-6H,(H,16,18). The van der Waals surface area contributed by atoms with E-state index in [0.29, 0.717) is 11.3 Å². The predicted octanol–water partition coefficient (Wildman–Crippen LogP) is 3.55. The van der Waals surface area contributed by atoms with Crippen molar-refractivity contribution in [1.82, 2.24) is 4.98 Å². The van der Waals surface area contributed by atoms with E-state index < -0.39 is 10.8 Å². The normalized spacial score (nSPS) is 10.1. The molecule has 1 aromatic heterocycles. The molecular formula is C12H7Cl2N3O3. The van der Waals surface area contributed by atoms with Crippen molar-refractivity contribution in [1.29, 1.82) is 0 Å². The van der Waals surface area contributed by atoms with Gasteiger partial charge in [0.2, 0.25) is 0 Å². The van der Waals surface area contributed by atoms with Crippen LogP contribution in [0.2, 0.25) is 10.2 Å². The minimum absolute atomic E-state index is 0.0537. The highest BCUT2D eigenvalue weighted by Crippen LogP contribution is 2.27. The Morgan fingerprint density at radius 3 is 2.55 bits per heavy atom. The fraction of sp³-hybridized carbons (Fsp3) is 0. The molecule has 1 aromatic carbocycles. The number of nitrogens with zero attached hydrogens (tertiary/aromatic N) is 2. The molecule has 2 aromatic rings. The third-order valence-electron chi connectivity index (χ3n) is 2.39. The smallest absolute Gasteiger partial charge is 0.288 e. The molecule has 0 unspecified atom stereocenters. The van der Waals surface area contributed by atoms with Crippen molar-refractivity contribution < 1.29 is 9.72 Å². The molecule has 2 rings (SSSR count). The average molecular weight is 312 g/mol. The Morgan fingerprint density at radius 2 is 2.00 bits per heavy atom. The number of aromatic nitrogens is 1. The van der Waals surface area contributed by atoms with Gasteiger partial charge in [-0.05, 0) is 24.3 Å². The lowest BCUT2D eigenvalue weighted by Crippen LogP contribution is -2.12. The van der Waals surface area contributed by atoms with Crippen LogP contribution in [-0.2, 0) is 0 Å². The Hall–Kier alpha value is -2.18. The molecule has 0 saturated heterocycles. The number of halogens is 2. The van der Waals surface area contributed by atoms with Crippen molar-refractivity contribution in [3.8, 4) is 0 Å². The van der Waals surface area contributed by atoms with Crippen LogP contribution in [0.3, 0.4) is 0 Å². The molecule has 0 aliphatic heterocycles. The Kier molecular flexibility index (Phi) is 4.16. The van der Waals surface area contributed by atoms with E-state index in [1.807, 2.05) is 0 Å². The number of anilines is 1. The SMILES string of the molecule is O=C(Nc1ccc([N+](=O)[O-])c(Cl)c1)c1ccc(Cl)nc1. The van der Waals surface area contributed by atoms with Crippen LogP contribution in [-0.4, -0.2) is 15.8 Å². The first kappa shape index (κ1) is 14.2. The van der Waals surface area contributed by atoms with Gasteiger partial charge in [0.1, 0.15) is 10.2 Å². The molecule has 102 valence electrons. The quantitative estimate of drug-likeness (QED) is 0.533. The van der Waals surface area contributed by atoms with Gasteiger partial charge in [-0.1, -0.05) is 23.2 Å². The molecule has 0 aliphatic carbocycles. The third kappa shape index (κ3) is 3.23. The molecule has 0 bridgehead atoms. The molecule has 8 heteroatoms. The molecular weight excluding hydrogens is 305 g/mol. The number of nitrogens with one attached hydrogen (secondary N) is 1. The van der Waals surface area contributed by atoms with E-state index in [0.717, 1.165) is 0 Å². The summed E-state index contributed by atoms with van der Waals surface area (Å²) in [4.78, 5) is 25.7. The van der Waals surface area contributed by atoms with Crippen molar-refractivity contribution in [2.75, 3.05) is 5.32 Å². The first-order valence-corrected chi connectivity index (χ1v) is 6.10. The second-order valence-corrected chi connectivity index (χ2v) is 4.54. The molecule has 6 nitrogen and oxygen atoms in total. The van der Waals surface area contributed by atoms with Gasteiger partial charge in [-0.15, -0.1) is 0 Å². The van der Waals surface area contributed by atoms with Crippen molar-refractivity contribution in [3.05, 3.63) is 62.4 Å². The number of pyridine rings is 1. The lowest BCUT2D eigenvalue weighted by Gasteiger charge is -2.05. The fourth-order valence-corrected chi connectivity index (χ4v) is 1.81. The van der Waals surface area contributed by atoms with Crippen molar-refractivity contribution in [2.45, 2.75) is 0 Å².